The molecule has 1 atom stereocenters. The Balaban J connectivity index is 1.43. The van der Waals surface area contributed by atoms with Crippen molar-refractivity contribution in [3.05, 3.63) is 69.6 Å². The van der Waals surface area contributed by atoms with Gasteiger partial charge in [-0.1, -0.05) is 18.2 Å². The largest absolute Gasteiger partial charge is 0.339 e. The molecule has 0 saturated carbocycles. The van der Waals surface area contributed by atoms with E-state index >= 15 is 0 Å². The van der Waals surface area contributed by atoms with Gasteiger partial charge in [-0.05, 0) is 73.9 Å². The fourth-order valence-corrected chi connectivity index (χ4v) is 4.41. The monoisotopic (exact) mass is 365 g/mol. The number of rotatable bonds is 4. The Bertz CT molecular complexity index is 846. The molecule has 142 valence electrons. The van der Waals surface area contributed by atoms with Crippen LogP contribution in [-0.2, 0) is 6.42 Å². The molecule has 1 aromatic heterocycles. The Morgan fingerprint density at radius 2 is 1.93 bits per heavy atom. The molecule has 2 fully saturated rings. The van der Waals surface area contributed by atoms with Crippen LogP contribution in [0.15, 0.2) is 47.4 Å². The minimum atomic E-state index is -0.0543. The molecule has 2 aromatic rings. The molecule has 5 heteroatoms. The van der Waals surface area contributed by atoms with Crippen molar-refractivity contribution in [1.29, 1.82) is 0 Å². The minimum absolute atomic E-state index is 0.0543. The number of pyridine rings is 1. The number of hydrogen-bond acceptors (Lipinski definition) is 3. The number of likely N-dealkylation sites (tertiary alicyclic amines) is 1. The lowest BCUT2D eigenvalue weighted by atomic mass is 9.89. The molecule has 1 aromatic carbocycles. The molecule has 1 unspecified atom stereocenters. The van der Waals surface area contributed by atoms with Crippen molar-refractivity contribution in [2.45, 2.75) is 31.6 Å². The predicted molar refractivity (Wildman–Crippen MR) is 106 cm³/mol. The van der Waals surface area contributed by atoms with Crippen LogP contribution < -0.4 is 10.9 Å². The number of piperidine rings is 1. The normalized spacial score (nSPS) is 20.7. The third-order valence-corrected chi connectivity index (χ3v) is 5.97. The molecular formula is C22H27N3O2. The zero-order chi connectivity index (χ0) is 18.6. The van der Waals surface area contributed by atoms with Crippen molar-refractivity contribution in [3.8, 4) is 0 Å². The van der Waals surface area contributed by atoms with Crippen LogP contribution in [0.25, 0.3) is 0 Å². The van der Waals surface area contributed by atoms with Crippen molar-refractivity contribution in [2.24, 2.45) is 5.92 Å². The van der Waals surface area contributed by atoms with E-state index in [-0.39, 0.29) is 11.5 Å². The number of amides is 1. The van der Waals surface area contributed by atoms with Gasteiger partial charge in [0.05, 0.1) is 0 Å². The number of aromatic amines is 1. The molecule has 2 saturated heterocycles. The number of nitrogens with zero attached hydrogens (tertiary/aromatic N) is 1. The van der Waals surface area contributed by atoms with E-state index in [1.54, 1.807) is 12.3 Å². The molecule has 5 nitrogen and oxygen atoms in total. The number of aromatic nitrogens is 1. The van der Waals surface area contributed by atoms with Gasteiger partial charge in [-0.2, -0.15) is 0 Å². The first-order valence-electron chi connectivity index (χ1n) is 9.97. The number of carbonyl (C=O) groups excluding carboxylic acids is 1. The standard InChI is InChI=1S/C22H27N3O2/c26-21-14-18(6-10-24-21)17-7-11-25(12-8-17)22(27)20-4-2-1-3-19(20)13-16-5-9-23-15-16/h1-4,6,10,14,16-17,23H,5,7-9,11-13,15H2,(H,24,26). The highest BCUT2D eigenvalue weighted by molar-refractivity contribution is 5.95. The van der Waals surface area contributed by atoms with Gasteiger partial charge in [-0.25, -0.2) is 0 Å². The molecule has 0 bridgehead atoms. The Morgan fingerprint density at radius 3 is 2.67 bits per heavy atom. The van der Waals surface area contributed by atoms with Gasteiger partial charge in [-0.3, -0.25) is 9.59 Å². The first-order valence-corrected chi connectivity index (χ1v) is 9.97. The number of carbonyl (C=O) groups is 1. The zero-order valence-corrected chi connectivity index (χ0v) is 15.6. The van der Waals surface area contributed by atoms with Gasteiger partial charge in [-0.15, -0.1) is 0 Å². The topological polar surface area (TPSA) is 65.2 Å². The van der Waals surface area contributed by atoms with Crippen LogP contribution in [0, 0.1) is 5.92 Å². The summed E-state index contributed by atoms with van der Waals surface area (Å²) in [5.74, 6) is 1.14. The molecule has 0 radical (unpaired) electrons. The second kappa shape index (κ2) is 8.09. The summed E-state index contributed by atoms with van der Waals surface area (Å²) < 4.78 is 0. The molecule has 2 N–H and O–H groups in total. The van der Waals surface area contributed by atoms with Gasteiger partial charge < -0.3 is 15.2 Å². The summed E-state index contributed by atoms with van der Waals surface area (Å²) >= 11 is 0. The van der Waals surface area contributed by atoms with Crippen LogP contribution >= 0.6 is 0 Å². The molecule has 4 rings (SSSR count). The van der Waals surface area contributed by atoms with Crippen molar-refractivity contribution < 1.29 is 4.79 Å². The minimum Gasteiger partial charge on any atom is -0.339 e. The number of H-pyrrole nitrogens is 1. The molecule has 2 aliphatic rings. The summed E-state index contributed by atoms with van der Waals surface area (Å²) in [5, 5.41) is 3.41. The lowest BCUT2D eigenvalue weighted by Gasteiger charge is -2.32. The van der Waals surface area contributed by atoms with E-state index in [9.17, 15) is 9.59 Å². The quantitative estimate of drug-likeness (QED) is 0.875. The van der Waals surface area contributed by atoms with Gasteiger partial charge in [0, 0.05) is 30.9 Å². The summed E-state index contributed by atoms with van der Waals surface area (Å²) in [5.41, 5.74) is 3.06. The Hall–Kier alpha value is -2.40. The summed E-state index contributed by atoms with van der Waals surface area (Å²) in [6, 6.07) is 11.7. The van der Waals surface area contributed by atoms with Crippen molar-refractivity contribution >= 4 is 5.91 Å². The van der Waals surface area contributed by atoms with Gasteiger partial charge in [0.25, 0.3) is 5.91 Å². The molecule has 27 heavy (non-hydrogen) atoms. The van der Waals surface area contributed by atoms with Gasteiger partial charge in [0.2, 0.25) is 5.56 Å². The lowest BCUT2D eigenvalue weighted by molar-refractivity contribution is 0.0711. The molecule has 0 spiro atoms. The van der Waals surface area contributed by atoms with Crippen molar-refractivity contribution in [3.63, 3.8) is 0 Å². The fourth-order valence-electron chi connectivity index (χ4n) is 4.41. The first-order chi connectivity index (χ1) is 13.2. The van der Waals surface area contributed by atoms with E-state index in [0.717, 1.165) is 56.6 Å². The highest BCUT2D eigenvalue weighted by Crippen LogP contribution is 2.28. The van der Waals surface area contributed by atoms with Gasteiger partial charge >= 0.3 is 0 Å². The van der Waals surface area contributed by atoms with E-state index in [1.807, 2.05) is 29.2 Å². The maximum atomic E-state index is 13.1. The molecular weight excluding hydrogens is 338 g/mol. The summed E-state index contributed by atoms with van der Waals surface area (Å²) in [6.45, 7) is 3.62. The van der Waals surface area contributed by atoms with E-state index in [2.05, 4.69) is 16.4 Å². The lowest BCUT2D eigenvalue weighted by Crippen LogP contribution is -2.38. The number of nitrogens with one attached hydrogen (secondary N) is 2. The smallest absolute Gasteiger partial charge is 0.254 e. The third kappa shape index (κ3) is 4.14. The fraction of sp³-hybridized carbons (Fsp3) is 0.455. The maximum absolute atomic E-state index is 13.1. The Labute approximate surface area is 159 Å². The summed E-state index contributed by atoms with van der Waals surface area (Å²) in [4.78, 5) is 29.3. The third-order valence-electron chi connectivity index (χ3n) is 5.97. The van der Waals surface area contributed by atoms with Crippen LogP contribution in [0.2, 0.25) is 0 Å². The van der Waals surface area contributed by atoms with Crippen LogP contribution in [0.4, 0.5) is 0 Å². The maximum Gasteiger partial charge on any atom is 0.254 e. The van der Waals surface area contributed by atoms with Crippen molar-refractivity contribution in [1.82, 2.24) is 15.2 Å². The molecule has 0 aliphatic carbocycles. The highest BCUT2D eigenvalue weighted by atomic mass is 16.2. The van der Waals surface area contributed by atoms with E-state index < -0.39 is 0 Å². The Morgan fingerprint density at radius 1 is 1.11 bits per heavy atom. The average molecular weight is 365 g/mol. The van der Waals surface area contributed by atoms with E-state index in [1.165, 1.54) is 12.0 Å². The molecule has 2 aliphatic heterocycles. The van der Waals surface area contributed by atoms with Crippen LogP contribution in [-0.4, -0.2) is 42.0 Å². The number of benzene rings is 1. The summed E-state index contributed by atoms with van der Waals surface area (Å²) in [7, 11) is 0. The highest BCUT2D eigenvalue weighted by Gasteiger charge is 2.26. The average Bonchev–Trinajstić information content (AvgIpc) is 3.21. The van der Waals surface area contributed by atoms with Crippen LogP contribution in [0.1, 0.15) is 46.7 Å². The molecule has 3 heterocycles. The van der Waals surface area contributed by atoms with Gasteiger partial charge in [0.15, 0.2) is 0 Å². The second-order valence-electron chi connectivity index (χ2n) is 7.77. The van der Waals surface area contributed by atoms with E-state index in [4.69, 9.17) is 0 Å². The Kier molecular flexibility index (Phi) is 5.39. The van der Waals surface area contributed by atoms with Crippen molar-refractivity contribution in [2.75, 3.05) is 26.2 Å². The first kappa shape index (κ1) is 18.0. The number of hydrogen-bond donors (Lipinski definition) is 2. The second-order valence-corrected chi connectivity index (χ2v) is 7.77. The summed E-state index contributed by atoms with van der Waals surface area (Å²) in [6.07, 6.45) is 5.68. The van der Waals surface area contributed by atoms with Crippen LogP contribution in [0.5, 0.6) is 0 Å². The van der Waals surface area contributed by atoms with Gasteiger partial charge in [0.1, 0.15) is 0 Å². The molecule has 1 amide bonds. The SMILES string of the molecule is O=C(c1ccccc1CC1CCNC1)N1CCC(c2cc[nH]c(=O)c2)CC1. The van der Waals surface area contributed by atoms with E-state index in [0.29, 0.717) is 11.8 Å². The van der Waals surface area contributed by atoms with Crippen LogP contribution in [0.3, 0.4) is 0 Å². The predicted octanol–water partition coefficient (Wildman–Crippen LogP) is 2.55. The zero-order valence-electron chi connectivity index (χ0n) is 15.6.